The molecule has 0 aliphatic carbocycles. The predicted molar refractivity (Wildman–Crippen MR) is 68.7 cm³/mol. The van der Waals surface area contributed by atoms with Crippen LogP contribution in [0.3, 0.4) is 0 Å². The molecule has 0 heterocycles. The van der Waals surface area contributed by atoms with Crippen molar-refractivity contribution in [3.63, 3.8) is 0 Å². The van der Waals surface area contributed by atoms with Gasteiger partial charge in [0, 0.05) is 6.38 Å². The minimum absolute atomic E-state index is 0.0208. The van der Waals surface area contributed by atoms with Crippen LogP contribution in [0, 0.1) is 5.92 Å². The van der Waals surface area contributed by atoms with Gasteiger partial charge in [0.05, 0.1) is 0 Å². The van der Waals surface area contributed by atoms with Gasteiger partial charge in [-0.25, -0.2) is 0 Å². The van der Waals surface area contributed by atoms with E-state index in [9.17, 15) is 4.79 Å². The molecule has 3 N–H and O–H groups in total. The van der Waals surface area contributed by atoms with Gasteiger partial charge in [-0.1, -0.05) is 50.2 Å². The van der Waals surface area contributed by atoms with E-state index in [-0.39, 0.29) is 5.92 Å². The first-order valence-electron chi connectivity index (χ1n) is 4.92. The molecule has 0 saturated carbocycles. The van der Waals surface area contributed by atoms with E-state index in [2.05, 4.69) is 11.6 Å². The summed E-state index contributed by atoms with van der Waals surface area (Å²) in [7, 11) is 0. The first kappa shape index (κ1) is 17.3. The quantitative estimate of drug-likeness (QED) is 0.788. The Bertz CT molecular complexity index is 226. The van der Waals surface area contributed by atoms with Crippen LogP contribution in [0.2, 0.25) is 0 Å². The van der Waals surface area contributed by atoms with E-state index in [1.165, 1.54) is 6.38 Å². The van der Waals surface area contributed by atoms with Crippen LogP contribution >= 0.6 is 11.6 Å². The molecule has 16 heavy (non-hydrogen) atoms. The molecule has 92 valence electrons. The molecular weight excluding hydrogens is 226 g/mol. The monoisotopic (exact) mass is 245 g/mol. The second-order valence-electron chi connectivity index (χ2n) is 3.26. The van der Waals surface area contributed by atoms with Crippen LogP contribution in [0.5, 0.6) is 0 Å². The first-order valence-corrected chi connectivity index (χ1v) is 5.67. The van der Waals surface area contributed by atoms with E-state index in [1.54, 1.807) is 13.8 Å². The molecule has 0 aromatic heterocycles. The molecule has 3 nitrogen and oxygen atoms in total. The molecule has 4 heteroatoms. The fraction of sp³-hybridized carbons (Fsp3) is 0.417. The summed E-state index contributed by atoms with van der Waals surface area (Å²) in [5.41, 5.74) is 5.16. The van der Waals surface area contributed by atoms with E-state index >= 15 is 0 Å². The van der Waals surface area contributed by atoms with E-state index in [0.717, 1.165) is 0 Å². The summed E-state index contributed by atoms with van der Waals surface area (Å²) in [5, 5.41) is 8.23. The molecule has 0 amide bonds. The minimum Gasteiger partial charge on any atom is -0.480 e. The van der Waals surface area contributed by atoms with Crippen LogP contribution < -0.4 is 5.73 Å². The van der Waals surface area contributed by atoms with Gasteiger partial charge in [0.25, 0.3) is 0 Å². The third kappa shape index (κ3) is 11.0. The minimum atomic E-state index is -0.931. The molecule has 0 aliphatic rings. The van der Waals surface area contributed by atoms with Gasteiger partial charge < -0.3 is 10.8 Å². The number of rotatable bonds is 2. The number of carboxylic acids is 1. The number of carbonyl (C=O) groups is 1. The summed E-state index contributed by atoms with van der Waals surface area (Å²) in [5.74, 6) is -0.910. The van der Waals surface area contributed by atoms with Crippen LogP contribution in [0.4, 0.5) is 0 Å². The molecule has 0 fully saturated rings. The van der Waals surface area contributed by atoms with Gasteiger partial charge in [-0.2, -0.15) is 0 Å². The normalized spacial score (nSPS) is 10.4. The number of halogens is 1. The van der Waals surface area contributed by atoms with Gasteiger partial charge in [0.1, 0.15) is 6.04 Å². The number of hydrogen-bond acceptors (Lipinski definition) is 2. The molecular formula is C12H20ClNO2. The lowest BCUT2D eigenvalue weighted by Gasteiger charge is -2.07. The van der Waals surface area contributed by atoms with Gasteiger partial charge in [0.2, 0.25) is 0 Å². The average Bonchev–Trinajstić information content (AvgIpc) is 2.33. The van der Waals surface area contributed by atoms with E-state index in [0.29, 0.717) is 0 Å². The number of alkyl halides is 1. The lowest BCUT2D eigenvalue weighted by molar-refractivity contribution is -0.139. The van der Waals surface area contributed by atoms with Gasteiger partial charge in [-0.05, 0) is 5.92 Å². The van der Waals surface area contributed by atoms with Crippen molar-refractivity contribution in [3.05, 3.63) is 36.4 Å². The zero-order valence-corrected chi connectivity index (χ0v) is 10.7. The first-order chi connectivity index (χ1) is 7.55. The Morgan fingerprint density at radius 1 is 1.06 bits per heavy atom. The van der Waals surface area contributed by atoms with Crippen LogP contribution in [-0.4, -0.2) is 23.5 Å². The van der Waals surface area contributed by atoms with Crippen molar-refractivity contribution in [1.82, 2.24) is 0 Å². The third-order valence-corrected chi connectivity index (χ3v) is 1.67. The van der Waals surface area contributed by atoms with Gasteiger partial charge in [0.15, 0.2) is 0 Å². The summed E-state index contributed by atoms with van der Waals surface area (Å²) in [4.78, 5) is 10.0. The van der Waals surface area contributed by atoms with Crippen LogP contribution in [0.1, 0.15) is 13.8 Å². The summed E-state index contributed by atoms with van der Waals surface area (Å²) in [6.07, 6.45) is 1.47. The van der Waals surface area contributed by atoms with Gasteiger partial charge >= 0.3 is 5.97 Å². The molecule has 1 aromatic rings. The van der Waals surface area contributed by atoms with Crippen LogP contribution in [-0.2, 0) is 4.79 Å². The Labute approximate surface area is 102 Å². The fourth-order valence-corrected chi connectivity index (χ4v) is 0.670. The summed E-state index contributed by atoms with van der Waals surface area (Å²) >= 11 is 4.64. The van der Waals surface area contributed by atoms with Crippen LogP contribution in [0.15, 0.2) is 36.4 Å². The second-order valence-corrected chi connectivity index (χ2v) is 3.26. The molecule has 0 spiro atoms. The fourth-order valence-electron chi connectivity index (χ4n) is 0.670. The largest absolute Gasteiger partial charge is 0.480 e. The van der Waals surface area contributed by atoms with Crippen molar-refractivity contribution in [3.8, 4) is 0 Å². The maximum Gasteiger partial charge on any atom is 0.320 e. The molecule has 1 aromatic carbocycles. The van der Waals surface area contributed by atoms with Gasteiger partial charge in [-0.15, -0.1) is 11.6 Å². The highest BCUT2D eigenvalue weighted by Gasteiger charge is 2.14. The number of hydrogen-bond donors (Lipinski definition) is 2. The standard InChI is InChI=1S/C6H6.C5H11NO2.CH3Cl/c1-2-4-6-5-3-1;1-3(2)4(6)5(7)8;1-2/h1-6H;3-4H,6H2,1-2H3,(H,7,8);1H3/t;4-;/m.0./s1. The molecule has 1 rings (SSSR count). The highest BCUT2D eigenvalue weighted by molar-refractivity contribution is 6.15. The predicted octanol–water partition coefficient (Wildman–Crippen LogP) is 2.60. The maximum atomic E-state index is 10.0. The second kappa shape index (κ2) is 12.0. The topological polar surface area (TPSA) is 63.3 Å². The number of benzene rings is 1. The van der Waals surface area contributed by atoms with Crippen molar-refractivity contribution < 1.29 is 9.90 Å². The summed E-state index contributed by atoms with van der Waals surface area (Å²) in [6.45, 7) is 3.55. The molecule has 0 bridgehead atoms. The SMILES string of the molecule is CC(C)[C@H](N)C(=O)O.CCl.c1ccccc1. The van der Waals surface area contributed by atoms with E-state index < -0.39 is 12.0 Å². The smallest absolute Gasteiger partial charge is 0.320 e. The summed E-state index contributed by atoms with van der Waals surface area (Å²) in [6, 6.07) is 11.3. The average molecular weight is 246 g/mol. The number of carboxylic acid groups (broad SMARTS) is 1. The Hall–Kier alpha value is -1.06. The molecule has 1 atom stereocenters. The number of aliphatic carboxylic acids is 1. The lowest BCUT2D eigenvalue weighted by atomic mass is 10.1. The lowest BCUT2D eigenvalue weighted by Crippen LogP contribution is -2.34. The molecule has 0 aliphatic heterocycles. The van der Waals surface area contributed by atoms with Crippen molar-refractivity contribution in [1.29, 1.82) is 0 Å². The van der Waals surface area contributed by atoms with Gasteiger partial charge in [-0.3, -0.25) is 4.79 Å². The van der Waals surface area contributed by atoms with Crippen molar-refractivity contribution in [2.75, 3.05) is 6.38 Å². The molecule has 0 radical (unpaired) electrons. The highest BCUT2D eigenvalue weighted by atomic mass is 35.5. The molecule has 0 unspecified atom stereocenters. The highest BCUT2D eigenvalue weighted by Crippen LogP contribution is 1.96. The zero-order chi connectivity index (χ0) is 13.0. The van der Waals surface area contributed by atoms with Crippen molar-refractivity contribution in [2.45, 2.75) is 19.9 Å². The van der Waals surface area contributed by atoms with Crippen molar-refractivity contribution >= 4 is 17.6 Å². The van der Waals surface area contributed by atoms with Crippen molar-refractivity contribution in [2.24, 2.45) is 11.7 Å². The third-order valence-electron chi connectivity index (χ3n) is 1.67. The number of nitrogens with two attached hydrogens (primary N) is 1. The maximum absolute atomic E-state index is 10.0. The summed E-state index contributed by atoms with van der Waals surface area (Å²) < 4.78 is 0. The molecule has 0 saturated heterocycles. The Morgan fingerprint density at radius 2 is 1.31 bits per heavy atom. The van der Waals surface area contributed by atoms with E-state index in [4.69, 9.17) is 10.8 Å². The zero-order valence-electron chi connectivity index (χ0n) is 9.93. The Morgan fingerprint density at radius 3 is 1.38 bits per heavy atom. The Kier molecular flexibility index (Phi) is 13.0. The van der Waals surface area contributed by atoms with Crippen LogP contribution in [0.25, 0.3) is 0 Å². The Balaban J connectivity index is 0. The van der Waals surface area contributed by atoms with E-state index in [1.807, 2.05) is 36.4 Å².